The van der Waals surface area contributed by atoms with E-state index in [9.17, 15) is 0 Å². The van der Waals surface area contributed by atoms with E-state index < -0.39 is 5.41 Å². The first-order valence-corrected chi connectivity index (χ1v) is 25.6. The maximum atomic E-state index is 7.01. The van der Waals surface area contributed by atoms with Crippen molar-refractivity contribution in [1.82, 2.24) is 0 Å². The fourth-order valence-corrected chi connectivity index (χ4v) is 12.9. The van der Waals surface area contributed by atoms with Crippen LogP contribution in [0.25, 0.3) is 87.3 Å². The number of hydrogen-bond acceptors (Lipinski definition) is 3. The van der Waals surface area contributed by atoms with Crippen LogP contribution in [0.2, 0.25) is 0 Å². The van der Waals surface area contributed by atoms with Gasteiger partial charge in [0.1, 0.15) is 11.2 Å². The maximum absolute atomic E-state index is 7.01. The topological polar surface area (TPSA) is 19.6 Å². The van der Waals surface area contributed by atoms with Crippen LogP contribution >= 0.6 is 0 Å². The van der Waals surface area contributed by atoms with Crippen LogP contribution in [0.5, 0.6) is 0 Å². The van der Waals surface area contributed by atoms with Gasteiger partial charge >= 0.3 is 0 Å². The first kappa shape index (κ1) is 41.0. The standard InChI is InChI=1S/C71H44N2O/c1-5-17-49-39-53(29-25-45(49)13-1)72(54-30-26-46-14-2-6-18-50(46)40-54)57-33-35-59-60-36-34-58(73(55-31-27-47-15-3-7-19-51(47)41-55)56-32-28-48-16-4-8-20-52(48)42-56)44-67(60)71(66(59)43-57)64-23-11-9-22-63(64)69-65(71)38-37-62-61-21-10-12-24-68(61)74-70(62)69/h1-44H. The highest BCUT2D eigenvalue weighted by Gasteiger charge is 2.53. The third kappa shape index (κ3) is 5.89. The Hall–Kier alpha value is -9.70. The van der Waals surface area contributed by atoms with Gasteiger partial charge in [-0.3, -0.25) is 0 Å². The largest absolute Gasteiger partial charge is 0.455 e. The van der Waals surface area contributed by atoms with Gasteiger partial charge < -0.3 is 14.2 Å². The highest BCUT2D eigenvalue weighted by molar-refractivity contribution is 6.13. The number of furan rings is 1. The van der Waals surface area contributed by atoms with Crippen LogP contribution in [0.15, 0.2) is 271 Å². The van der Waals surface area contributed by atoms with Gasteiger partial charge in [0.2, 0.25) is 0 Å². The SMILES string of the molecule is c1ccc2c(c1)-c1c(ccc3c1oc1ccccc13)C21c2cc(N(c3ccc4ccccc4c3)c3ccc4ccccc4c3)ccc2-c2ccc(N(c3ccc4ccccc4c3)c3ccc4ccccc4c3)cc21. The number of anilines is 6. The van der Waals surface area contributed by atoms with Crippen LogP contribution in [0.4, 0.5) is 34.1 Å². The van der Waals surface area contributed by atoms with Crippen molar-refractivity contribution in [3.05, 3.63) is 289 Å². The lowest BCUT2D eigenvalue weighted by Crippen LogP contribution is -2.26. The third-order valence-electron chi connectivity index (χ3n) is 16.1. The highest BCUT2D eigenvalue weighted by atomic mass is 16.3. The summed E-state index contributed by atoms with van der Waals surface area (Å²) in [6.07, 6.45) is 0. The summed E-state index contributed by atoms with van der Waals surface area (Å²) >= 11 is 0. The van der Waals surface area contributed by atoms with Crippen LogP contribution in [0, 0.1) is 0 Å². The average Bonchev–Trinajstić information content (AvgIpc) is 4.17. The van der Waals surface area contributed by atoms with Gasteiger partial charge in [-0.1, -0.05) is 188 Å². The fraction of sp³-hybridized carbons (Fsp3) is 0.0141. The molecule has 16 rings (SSSR count). The molecule has 0 unspecified atom stereocenters. The van der Waals surface area contributed by atoms with E-state index in [0.29, 0.717) is 0 Å². The zero-order valence-corrected chi connectivity index (χ0v) is 40.2. The van der Waals surface area contributed by atoms with Crippen molar-refractivity contribution in [3.63, 3.8) is 0 Å². The van der Waals surface area contributed by atoms with E-state index in [4.69, 9.17) is 4.42 Å². The molecule has 0 saturated carbocycles. The summed E-state index contributed by atoms with van der Waals surface area (Å²) in [6.45, 7) is 0. The normalized spacial score (nSPS) is 13.0. The van der Waals surface area contributed by atoms with E-state index in [1.807, 2.05) is 0 Å². The molecule has 0 fully saturated rings. The van der Waals surface area contributed by atoms with Crippen molar-refractivity contribution >= 4 is 99.2 Å². The highest BCUT2D eigenvalue weighted by Crippen LogP contribution is 2.65. The molecule has 1 aromatic heterocycles. The average molecular weight is 941 g/mol. The quantitative estimate of drug-likeness (QED) is 0.166. The van der Waals surface area contributed by atoms with Gasteiger partial charge in [0.25, 0.3) is 0 Å². The molecule has 2 aliphatic carbocycles. The molecule has 13 aromatic carbocycles. The first-order chi connectivity index (χ1) is 36.7. The summed E-state index contributed by atoms with van der Waals surface area (Å²) in [7, 11) is 0. The van der Waals surface area contributed by atoms with Gasteiger partial charge in [0, 0.05) is 50.5 Å². The lowest BCUT2D eigenvalue weighted by Gasteiger charge is -2.33. The molecule has 1 spiro atoms. The Kier molecular flexibility index (Phi) is 8.66. The Morgan fingerprint density at radius 1 is 0.257 bits per heavy atom. The minimum absolute atomic E-state index is 0.716. The number of rotatable bonds is 6. The summed E-state index contributed by atoms with van der Waals surface area (Å²) in [6, 6.07) is 98.8. The van der Waals surface area contributed by atoms with Crippen molar-refractivity contribution in [3.8, 4) is 22.3 Å². The van der Waals surface area contributed by atoms with Crippen LogP contribution in [-0.4, -0.2) is 0 Å². The zero-order chi connectivity index (χ0) is 48.5. The van der Waals surface area contributed by atoms with Crippen molar-refractivity contribution in [2.24, 2.45) is 0 Å². The fourth-order valence-electron chi connectivity index (χ4n) is 12.9. The zero-order valence-electron chi connectivity index (χ0n) is 40.2. The molecule has 0 N–H and O–H groups in total. The first-order valence-electron chi connectivity index (χ1n) is 25.6. The molecule has 0 bridgehead atoms. The molecular weight excluding hydrogens is 897 g/mol. The van der Waals surface area contributed by atoms with E-state index in [1.54, 1.807) is 0 Å². The lowest BCUT2D eigenvalue weighted by atomic mass is 9.70. The van der Waals surface area contributed by atoms with E-state index in [-0.39, 0.29) is 0 Å². The summed E-state index contributed by atoms with van der Waals surface area (Å²) in [5.41, 5.74) is 17.5. The van der Waals surface area contributed by atoms with Crippen molar-refractivity contribution in [1.29, 1.82) is 0 Å². The third-order valence-corrected chi connectivity index (χ3v) is 16.1. The van der Waals surface area contributed by atoms with E-state index >= 15 is 0 Å². The second-order valence-corrected chi connectivity index (χ2v) is 20.0. The Bertz CT molecular complexity index is 4290. The molecule has 2 aliphatic rings. The van der Waals surface area contributed by atoms with Crippen molar-refractivity contribution in [2.75, 3.05) is 9.80 Å². The molecule has 14 aromatic rings. The molecule has 0 amide bonds. The Morgan fingerprint density at radius 3 is 1.14 bits per heavy atom. The Morgan fingerprint density at radius 2 is 0.649 bits per heavy atom. The van der Waals surface area contributed by atoms with Gasteiger partial charge in [0.05, 0.1) is 5.41 Å². The summed E-state index contributed by atoms with van der Waals surface area (Å²) in [5, 5.41) is 11.9. The number of para-hydroxylation sites is 1. The minimum atomic E-state index is -0.716. The monoisotopic (exact) mass is 940 g/mol. The summed E-state index contributed by atoms with van der Waals surface area (Å²) < 4.78 is 7.01. The van der Waals surface area contributed by atoms with E-state index in [1.165, 1.54) is 82.0 Å². The second kappa shape index (κ2) is 15.6. The molecule has 3 nitrogen and oxygen atoms in total. The molecule has 344 valence electrons. The van der Waals surface area contributed by atoms with Gasteiger partial charge in [-0.15, -0.1) is 0 Å². The lowest BCUT2D eigenvalue weighted by molar-refractivity contribution is 0.669. The molecular formula is C71H44N2O. The molecule has 74 heavy (non-hydrogen) atoms. The van der Waals surface area contributed by atoms with Gasteiger partial charge in [-0.2, -0.15) is 0 Å². The predicted molar refractivity (Wildman–Crippen MR) is 309 cm³/mol. The van der Waals surface area contributed by atoms with Crippen molar-refractivity contribution in [2.45, 2.75) is 5.41 Å². The number of fused-ring (bicyclic) bond motifs is 18. The van der Waals surface area contributed by atoms with Crippen molar-refractivity contribution < 1.29 is 4.42 Å². The number of hydrogen-bond donors (Lipinski definition) is 0. The molecule has 0 atom stereocenters. The van der Waals surface area contributed by atoms with Gasteiger partial charge in [-0.05, 0) is 161 Å². The second-order valence-electron chi connectivity index (χ2n) is 20.0. The molecule has 0 saturated heterocycles. The van der Waals surface area contributed by atoms with Crippen LogP contribution in [0.1, 0.15) is 22.3 Å². The van der Waals surface area contributed by atoms with Crippen LogP contribution < -0.4 is 9.80 Å². The van der Waals surface area contributed by atoms with Crippen LogP contribution in [0.3, 0.4) is 0 Å². The minimum Gasteiger partial charge on any atom is -0.455 e. The molecule has 1 heterocycles. The van der Waals surface area contributed by atoms with E-state index in [0.717, 1.165) is 61.6 Å². The molecule has 0 radical (unpaired) electrons. The Labute approximate surface area is 428 Å². The van der Waals surface area contributed by atoms with E-state index in [2.05, 4.69) is 277 Å². The maximum Gasteiger partial charge on any atom is 0.143 e. The predicted octanol–water partition coefficient (Wildman–Crippen LogP) is 19.5. The molecule has 0 aliphatic heterocycles. The smallest absolute Gasteiger partial charge is 0.143 e. The van der Waals surface area contributed by atoms with Gasteiger partial charge in [0.15, 0.2) is 0 Å². The summed E-state index contributed by atoms with van der Waals surface area (Å²) in [4.78, 5) is 4.90. The summed E-state index contributed by atoms with van der Waals surface area (Å²) in [5.74, 6) is 0. The number of benzene rings is 13. The van der Waals surface area contributed by atoms with Crippen LogP contribution in [-0.2, 0) is 5.41 Å². The molecule has 3 heteroatoms. The Balaban J connectivity index is 0.985. The number of nitrogens with zero attached hydrogens (tertiary/aromatic N) is 2. The van der Waals surface area contributed by atoms with Gasteiger partial charge in [-0.25, -0.2) is 0 Å².